The molecule has 0 aromatic heterocycles. The van der Waals surface area contributed by atoms with Gasteiger partial charge in [-0.2, -0.15) is 0 Å². The Morgan fingerprint density at radius 2 is 2.00 bits per heavy atom. The molecule has 0 saturated carbocycles. The van der Waals surface area contributed by atoms with E-state index < -0.39 is 0 Å². The Kier molecular flexibility index (Phi) is 8.40. The maximum atomic E-state index is 12.0. The van der Waals surface area contributed by atoms with Gasteiger partial charge in [-0.25, -0.2) is 0 Å². The fraction of sp³-hybridized carbons (Fsp3) is 0.533. The molecule has 0 heterocycles. The second-order valence-corrected chi connectivity index (χ2v) is 6.27. The third-order valence-electron chi connectivity index (χ3n) is 3.70. The molecule has 20 heavy (non-hydrogen) atoms. The molecule has 1 aromatic carbocycles. The van der Waals surface area contributed by atoms with Crippen molar-refractivity contribution in [1.82, 2.24) is 5.32 Å². The summed E-state index contributed by atoms with van der Waals surface area (Å²) in [6.07, 6.45) is 1.21. The average molecular weight is 364 g/mol. The van der Waals surface area contributed by atoms with Crippen molar-refractivity contribution < 1.29 is 4.79 Å². The van der Waals surface area contributed by atoms with Gasteiger partial charge in [0, 0.05) is 17.4 Å². The quantitative estimate of drug-likeness (QED) is 0.815. The first kappa shape index (κ1) is 19.4. The van der Waals surface area contributed by atoms with Gasteiger partial charge in [-0.15, -0.1) is 12.4 Å². The molecule has 5 heteroatoms. The molecule has 0 spiro atoms. The second-order valence-electron chi connectivity index (χ2n) is 5.42. The average Bonchev–Trinajstić information content (AvgIpc) is 2.37. The highest BCUT2D eigenvalue weighted by atomic mass is 79.9. The number of hydrogen-bond acceptors (Lipinski definition) is 2. The van der Waals surface area contributed by atoms with Crippen LogP contribution in [0.3, 0.4) is 0 Å². The molecule has 0 fully saturated rings. The molecule has 0 bridgehead atoms. The molecule has 0 aliphatic carbocycles. The second kappa shape index (κ2) is 8.65. The topological polar surface area (TPSA) is 55.1 Å². The van der Waals surface area contributed by atoms with E-state index in [1.807, 2.05) is 31.2 Å². The van der Waals surface area contributed by atoms with E-state index in [2.05, 4.69) is 35.1 Å². The Hall–Kier alpha value is -0.580. The van der Waals surface area contributed by atoms with Gasteiger partial charge in [0.05, 0.1) is 5.54 Å². The van der Waals surface area contributed by atoms with Crippen molar-refractivity contribution >= 4 is 34.2 Å². The number of halogens is 2. The van der Waals surface area contributed by atoms with Crippen molar-refractivity contribution in [1.29, 1.82) is 0 Å². The van der Waals surface area contributed by atoms with E-state index >= 15 is 0 Å². The first-order valence-corrected chi connectivity index (χ1v) is 7.43. The molecular weight excluding hydrogens is 340 g/mol. The molecule has 1 atom stereocenters. The van der Waals surface area contributed by atoms with Crippen molar-refractivity contribution in [2.45, 2.75) is 39.2 Å². The summed E-state index contributed by atoms with van der Waals surface area (Å²) in [6, 6.07) is 7.97. The molecule has 0 aliphatic heterocycles. The summed E-state index contributed by atoms with van der Waals surface area (Å²) in [4.78, 5) is 12.0. The molecule has 1 rings (SSSR count). The fourth-order valence-corrected chi connectivity index (χ4v) is 2.24. The van der Waals surface area contributed by atoms with E-state index in [-0.39, 0.29) is 23.9 Å². The zero-order valence-electron chi connectivity index (χ0n) is 12.3. The minimum absolute atomic E-state index is 0. The monoisotopic (exact) mass is 362 g/mol. The zero-order chi connectivity index (χ0) is 14.5. The molecular formula is C15H24BrClN2O. The summed E-state index contributed by atoms with van der Waals surface area (Å²) < 4.78 is 1.05. The Morgan fingerprint density at radius 3 is 2.50 bits per heavy atom. The van der Waals surface area contributed by atoms with Crippen LogP contribution in [-0.4, -0.2) is 18.0 Å². The summed E-state index contributed by atoms with van der Waals surface area (Å²) in [5, 5.41) is 3.05. The first-order chi connectivity index (χ1) is 8.89. The lowest BCUT2D eigenvalue weighted by atomic mass is 9.88. The third kappa shape index (κ3) is 5.43. The lowest BCUT2D eigenvalue weighted by molar-refractivity contribution is -0.123. The number of carbonyl (C=O) groups excluding carboxylic acids is 1. The summed E-state index contributed by atoms with van der Waals surface area (Å²) in [7, 11) is 0. The number of benzene rings is 1. The number of nitrogens with one attached hydrogen (secondary N) is 1. The van der Waals surface area contributed by atoms with Crippen molar-refractivity contribution in [2.75, 3.05) is 6.54 Å². The standard InChI is InChI=1S/C15H23BrN2O.ClH/c1-11(2)15(3,10-17)18-14(19)9-8-12-6-4-5-7-13(12)16;/h4-7,11H,8-10,17H2,1-3H3,(H,18,19);1H. The van der Waals surface area contributed by atoms with Gasteiger partial charge < -0.3 is 11.1 Å². The van der Waals surface area contributed by atoms with Crippen molar-refractivity contribution in [3.63, 3.8) is 0 Å². The number of rotatable bonds is 6. The summed E-state index contributed by atoms with van der Waals surface area (Å²) >= 11 is 3.49. The number of amides is 1. The van der Waals surface area contributed by atoms with Gasteiger partial charge in [-0.05, 0) is 30.9 Å². The highest BCUT2D eigenvalue weighted by molar-refractivity contribution is 9.10. The first-order valence-electron chi connectivity index (χ1n) is 6.63. The molecule has 0 radical (unpaired) electrons. The maximum absolute atomic E-state index is 12.0. The lowest BCUT2D eigenvalue weighted by Crippen LogP contribution is -2.55. The number of hydrogen-bond donors (Lipinski definition) is 2. The minimum atomic E-state index is -0.328. The Labute approximate surface area is 136 Å². The molecule has 1 unspecified atom stereocenters. The van der Waals surface area contributed by atoms with Crippen LogP contribution >= 0.6 is 28.3 Å². The smallest absolute Gasteiger partial charge is 0.220 e. The van der Waals surface area contributed by atoms with Crippen LogP contribution in [0.5, 0.6) is 0 Å². The van der Waals surface area contributed by atoms with Crippen molar-refractivity contribution in [3.8, 4) is 0 Å². The molecule has 114 valence electrons. The molecule has 0 saturated heterocycles. The summed E-state index contributed by atoms with van der Waals surface area (Å²) in [5.74, 6) is 0.363. The zero-order valence-corrected chi connectivity index (χ0v) is 14.7. The van der Waals surface area contributed by atoms with Gasteiger partial charge in [-0.3, -0.25) is 4.79 Å². The van der Waals surface area contributed by atoms with Gasteiger partial charge in [0.25, 0.3) is 0 Å². The van der Waals surface area contributed by atoms with Crippen LogP contribution in [-0.2, 0) is 11.2 Å². The molecule has 3 N–H and O–H groups in total. The molecule has 1 aromatic rings. The van der Waals surface area contributed by atoms with Crippen LogP contribution in [0.25, 0.3) is 0 Å². The van der Waals surface area contributed by atoms with Crippen LogP contribution in [0.4, 0.5) is 0 Å². The predicted octanol–water partition coefficient (Wildman–Crippen LogP) is 3.29. The SMILES string of the molecule is CC(C)C(C)(CN)NC(=O)CCc1ccccc1Br.Cl. The normalized spacial score (nSPS) is 13.5. The Bertz CT molecular complexity index is 440. The van der Waals surface area contributed by atoms with Crippen LogP contribution in [0.2, 0.25) is 0 Å². The van der Waals surface area contributed by atoms with Gasteiger partial charge in [0.2, 0.25) is 5.91 Å². The van der Waals surface area contributed by atoms with E-state index in [0.29, 0.717) is 18.9 Å². The molecule has 3 nitrogen and oxygen atoms in total. The third-order valence-corrected chi connectivity index (χ3v) is 4.48. The Morgan fingerprint density at radius 1 is 1.40 bits per heavy atom. The number of nitrogens with two attached hydrogens (primary N) is 1. The van der Waals surface area contributed by atoms with Crippen LogP contribution < -0.4 is 11.1 Å². The van der Waals surface area contributed by atoms with Gasteiger partial charge >= 0.3 is 0 Å². The molecule has 1 amide bonds. The van der Waals surface area contributed by atoms with E-state index in [1.165, 1.54) is 0 Å². The number of carbonyl (C=O) groups is 1. The van der Waals surface area contributed by atoms with E-state index in [9.17, 15) is 4.79 Å². The fourth-order valence-electron chi connectivity index (χ4n) is 1.76. The van der Waals surface area contributed by atoms with Gasteiger partial charge in [0.15, 0.2) is 0 Å². The summed E-state index contributed by atoms with van der Waals surface area (Å²) in [6.45, 7) is 6.58. The van der Waals surface area contributed by atoms with Crippen LogP contribution in [0.1, 0.15) is 32.8 Å². The van der Waals surface area contributed by atoms with Crippen molar-refractivity contribution in [3.05, 3.63) is 34.3 Å². The van der Waals surface area contributed by atoms with Gasteiger partial charge in [-0.1, -0.05) is 48.0 Å². The van der Waals surface area contributed by atoms with E-state index in [0.717, 1.165) is 16.5 Å². The minimum Gasteiger partial charge on any atom is -0.349 e. The van der Waals surface area contributed by atoms with E-state index in [4.69, 9.17) is 5.73 Å². The lowest BCUT2D eigenvalue weighted by Gasteiger charge is -2.33. The maximum Gasteiger partial charge on any atom is 0.220 e. The van der Waals surface area contributed by atoms with Crippen LogP contribution in [0, 0.1) is 5.92 Å². The van der Waals surface area contributed by atoms with Crippen molar-refractivity contribution in [2.24, 2.45) is 11.7 Å². The summed E-state index contributed by atoms with van der Waals surface area (Å²) in [5.41, 5.74) is 6.59. The van der Waals surface area contributed by atoms with Gasteiger partial charge in [0.1, 0.15) is 0 Å². The largest absolute Gasteiger partial charge is 0.349 e. The predicted molar refractivity (Wildman–Crippen MR) is 90.2 cm³/mol. The van der Waals surface area contributed by atoms with E-state index in [1.54, 1.807) is 0 Å². The van der Waals surface area contributed by atoms with Crippen LogP contribution in [0.15, 0.2) is 28.7 Å². The highest BCUT2D eigenvalue weighted by Gasteiger charge is 2.28. The number of aryl methyl sites for hydroxylation is 1. The molecule has 0 aliphatic rings. The highest BCUT2D eigenvalue weighted by Crippen LogP contribution is 2.18. The Balaban J connectivity index is 0.00000361.